The number of carbonyl (C=O) groups is 2. The van der Waals surface area contributed by atoms with Gasteiger partial charge in [0.2, 0.25) is 5.91 Å². The van der Waals surface area contributed by atoms with Gasteiger partial charge in [0.15, 0.2) is 0 Å². The highest BCUT2D eigenvalue weighted by molar-refractivity contribution is 6.30. The molecule has 1 aromatic rings. The number of amides is 1. The number of carbonyl (C=O) groups excluding carboxylic acids is 2. The quantitative estimate of drug-likeness (QED) is 0.671. The third-order valence-corrected chi connectivity index (χ3v) is 2.66. The molecule has 4 nitrogen and oxygen atoms in total. The minimum absolute atomic E-state index is 0.0209. The smallest absolute Gasteiger partial charge is 0.328 e. The molecule has 0 aliphatic rings. The normalized spacial score (nSPS) is 12.2. The highest BCUT2D eigenvalue weighted by Crippen LogP contribution is 2.16. The van der Waals surface area contributed by atoms with E-state index in [-0.39, 0.29) is 11.6 Å². The molecule has 0 radical (unpaired) electrons. The van der Waals surface area contributed by atoms with Gasteiger partial charge in [0.05, 0.1) is 11.6 Å². The zero-order chi connectivity index (χ0) is 15.1. The van der Waals surface area contributed by atoms with E-state index in [2.05, 4.69) is 5.32 Å². The van der Waals surface area contributed by atoms with Crippen molar-refractivity contribution in [1.29, 1.82) is 0 Å². The molecule has 1 unspecified atom stereocenters. The third kappa shape index (κ3) is 5.01. The zero-order valence-electron chi connectivity index (χ0n) is 11.2. The van der Waals surface area contributed by atoms with Crippen molar-refractivity contribution in [3.63, 3.8) is 0 Å². The summed E-state index contributed by atoms with van der Waals surface area (Å²) in [6, 6.07) is 3.36. The molecule has 6 heteroatoms. The summed E-state index contributed by atoms with van der Waals surface area (Å²) in [6.45, 7) is 3.46. The topological polar surface area (TPSA) is 55.4 Å². The molecule has 108 valence electrons. The van der Waals surface area contributed by atoms with Crippen LogP contribution in [-0.2, 0) is 14.3 Å². The molecule has 0 saturated carbocycles. The Labute approximate surface area is 121 Å². The summed E-state index contributed by atoms with van der Waals surface area (Å²) in [7, 11) is 0. The largest absolute Gasteiger partial charge is 0.464 e. The highest BCUT2D eigenvalue weighted by Gasteiger charge is 2.14. The number of esters is 1. The molecule has 1 amide bonds. The fourth-order valence-electron chi connectivity index (χ4n) is 1.38. The minimum atomic E-state index is -0.732. The molecule has 0 aliphatic heterocycles. The van der Waals surface area contributed by atoms with Crippen molar-refractivity contribution in [2.45, 2.75) is 19.9 Å². The van der Waals surface area contributed by atoms with Crippen LogP contribution in [0.25, 0.3) is 6.08 Å². The van der Waals surface area contributed by atoms with Crippen molar-refractivity contribution in [1.82, 2.24) is 5.32 Å². The standard InChI is InChI=1S/C14H15ClFNO3/c1-3-20-14(19)9(2)17-13(18)7-5-10-4-6-12(16)11(15)8-10/h4-9H,3H2,1-2H3,(H,17,18). The van der Waals surface area contributed by atoms with Gasteiger partial charge in [-0.3, -0.25) is 4.79 Å². The Bertz CT molecular complexity index is 531. The average molecular weight is 300 g/mol. The maximum atomic E-state index is 12.9. The van der Waals surface area contributed by atoms with Crippen molar-refractivity contribution in [3.05, 3.63) is 40.7 Å². The number of benzene rings is 1. The fourth-order valence-corrected chi connectivity index (χ4v) is 1.56. The van der Waals surface area contributed by atoms with Crippen LogP contribution in [0.1, 0.15) is 19.4 Å². The summed E-state index contributed by atoms with van der Waals surface area (Å²) < 4.78 is 17.7. The van der Waals surface area contributed by atoms with Gasteiger partial charge in [-0.1, -0.05) is 17.7 Å². The number of ether oxygens (including phenoxy) is 1. The first-order valence-electron chi connectivity index (χ1n) is 6.04. The number of nitrogens with one attached hydrogen (secondary N) is 1. The van der Waals surface area contributed by atoms with Crippen molar-refractivity contribution in [2.75, 3.05) is 6.61 Å². The summed E-state index contributed by atoms with van der Waals surface area (Å²) in [4.78, 5) is 22.9. The number of halogens is 2. The van der Waals surface area contributed by atoms with Gasteiger partial charge in [-0.15, -0.1) is 0 Å². The van der Waals surface area contributed by atoms with Crippen molar-refractivity contribution in [2.24, 2.45) is 0 Å². The van der Waals surface area contributed by atoms with E-state index in [4.69, 9.17) is 16.3 Å². The van der Waals surface area contributed by atoms with E-state index >= 15 is 0 Å². The first kappa shape index (κ1) is 16.2. The summed E-state index contributed by atoms with van der Waals surface area (Å²) in [5, 5.41) is 2.43. The maximum absolute atomic E-state index is 12.9. The van der Waals surface area contributed by atoms with E-state index in [0.717, 1.165) is 0 Å². The van der Waals surface area contributed by atoms with Crippen molar-refractivity contribution >= 4 is 29.6 Å². The Morgan fingerprint density at radius 1 is 1.50 bits per heavy atom. The molecule has 0 heterocycles. The summed E-state index contributed by atoms with van der Waals surface area (Å²) in [6.07, 6.45) is 2.71. The predicted molar refractivity (Wildman–Crippen MR) is 74.7 cm³/mol. The number of rotatable bonds is 5. The third-order valence-electron chi connectivity index (χ3n) is 2.37. The van der Waals surface area contributed by atoms with E-state index in [1.165, 1.54) is 37.3 Å². The van der Waals surface area contributed by atoms with Gasteiger partial charge in [-0.2, -0.15) is 0 Å². The molecular formula is C14H15ClFNO3. The number of hydrogen-bond acceptors (Lipinski definition) is 3. The first-order valence-corrected chi connectivity index (χ1v) is 6.42. The Balaban J connectivity index is 2.59. The molecule has 0 aliphatic carbocycles. The van der Waals surface area contributed by atoms with Gasteiger partial charge >= 0.3 is 5.97 Å². The maximum Gasteiger partial charge on any atom is 0.328 e. The first-order chi connectivity index (χ1) is 9.43. The second-order valence-electron chi connectivity index (χ2n) is 3.99. The van der Waals surface area contributed by atoms with Gasteiger partial charge in [-0.05, 0) is 37.6 Å². The van der Waals surface area contributed by atoms with Crippen LogP contribution in [-0.4, -0.2) is 24.5 Å². The van der Waals surface area contributed by atoms with Crippen LogP contribution in [0.3, 0.4) is 0 Å². The summed E-state index contributed by atoms with van der Waals surface area (Å²) in [5.74, 6) is -1.48. The molecule has 0 aromatic heterocycles. The molecule has 1 N–H and O–H groups in total. The van der Waals surface area contributed by atoms with Gasteiger partial charge in [0.25, 0.3) is 0 Å². The zero-order valence-corrected chi connectivity index (χ0v) is 11.9. The molecule has 0 bridgehead atoms. The van der Waals surface area contributed by atoms with Gasteiger partial charge in [0.1, 0.15) is 11.9 Å². The Morgan fingerprint density at radius 3 is 2.80 bits per heavy atom. The lowest BCUT2D eigenvalue weighted by Crippen LogP contribution is -2.38. The lowest BCUT2D eigenvalue weighted by atomic mass is 10.2. The Hall–Kier alpha value is -1.88. The van der Waals surface area contributed by atoms with Crippen LogP contribution in [0, 0.1) is 5.82 Å². The molecule has 0 spiro atoms. The van der Waals surface area contributed by atoms with E-state index in [0.29, 0.717) is 5.56 Å². The Kier molecular flexibility index (Phi) is 6.18. The number of hydrogen-bond donors (Lipinski definition) is 1. The van der Waals surface area contributed by atoms with Crippen molar-refractivity contribution in [3.8, 4) is 0 Å². The molecule has 0 fully saturated rings. The second-order valence-corrected chi connectivity index (χ2v) is 4.40. The van der Waals surface area contributed by atoms with E-state index < -0.39 is 23.7 Å². The lowest BCUT2D eigenvalue weighted by Gasteiger charge is -2.10. The molecule has 1 aromatic carbocycles. The fraction of sp³-hybridized carbons (Fsp3) is 0.286. The summed E-state index contributed by atoms with van der Waals surface area (Å²) >= 11 is 5.62. The lowest BCUT2D eigenvalue weighted by molar-refractivity contribution is -0.146. The Morgan fingerprint density at radius 2 is 2.20 bits per heavy atom. The molecule has 20 heavy (non-hydrogen) atoms. The van der Waals surface area contributed by atoms with Gasteiger partial charge in [0, 0.05) is 6.08 Å². The SMILES string of the molecule is CCOC(=O)C(C)NC(=O)C=Cc1ccc(F)c(Cl)c1. The van der Waals surface area contributed by atoms with Crippen LogP contribution >= 0.6 is 11.6 Å². The van der Waals surface area contributed by atoms with E-state index in [1.54, 1.807) is 6.92 Å². The predicted octanol–water partition coefficient (Wildman–Crippen LogP) is 2.56. The van der Waals surface area contributed by atoms with Gasteiger partial charge in [-0.25, -0.2) is 9.18 Å². The average Bonchev–Trinajstić information content (AvgIpc) is 2.40. The molecular weight excluding hydrogens is 285 g/mol. The van der Waals surface area contributed by atoms with Crippen LogP contribution in [0.4, 0.5) is 4.39 Å². The molecule has 1 rings (SSSR count). The van der Waals surface area contributed by atoms with Crippen LogP contribution in [0.5, 0.6) is 0 Å². The van der Waals surface area contributed by atoms with E-state index in [9.17, 15) is 14.0 Å². The monoisotopic (exact) mass is 299 g/mol. The second kappa shape index (κ2) is 7.65. The van der Waals surface area contributed by atoms with Gasteiger partial charge < -0.3 is 10.1 Å². The van der Waals surface area contributed by atoms with Crippen molar-refractivity contribution < 1.29 is 18.7 Å². The summed E-state index contributed by atoms with van der Waals surface area (Å²) in [5.41, 5.74) is 0.579. The van der Waals surface area contributed by atoms with E-state index in [1.807, 2.05) is 0 Å². The van der Waals surface area contributed by atoms with Crippen LogP contribution in [0.2, 0.25) is 5.02 Å². The minimum Gasteiger partial charge on any atom is -0.464 e. The molecule has 1 atom stereocenters. The highest BCUT2D eigenvalue weighted by atomic mass is 35.5. The molecule has 0 saturated heterocycles. The van der Waals surface area contributed by atoms with Crippen LogP contribution in [0.15, 0.2) is 24.3 Å². The van der Waals surface area contributed by atoms with Crippen LogP contribution < -0.4 is 5.32 Å².